The molecule has 0 radical (unpaired) electrons. The fraction of sp³-hybridized carbons (Fsp3) is 0.261. The number of rotatable bonds is 3. The van der Waals surface area contributed by atoms with Crippen molar-refractivity contribution in [1.82, 2.24) is 25.0 Å². The zero-order valence-corrected chi connectivity index (χ0v) is 18.4. The first-order valence-corrected chi connectivity index (χ1v) is 11.4. The van der Waals surface area contributed by atoms with Crippen molar-refractivity contribution in [3.63, 3.8) is 0 Å². The third-order valence-electron chi connectivity index (χ3n) is 6.38. The summed E-state index contributed by atoms with van der Waals surface area (Å²) in [5, 5.41) is 9.39. The van der Waals surface area contributed by atoms with Gasteiger partial charge < -0.3 is 9.88 Å². The minimum Gasteiger partial charge on any atom is -0.360 e. The molecule has 2 aliphatic heterocycles. The number of nitrogens with zero attached hydrogens (tertiary/aromatic N) is 3. The molecule has 4 aromatic rings. The molecule has 1 unspecified atom stereocenters. The van der Waals surface area contributed by atoms with Crippen LogP contribution in [-0.2, 0) is 9.59 Å². The van der Waals surface area contributed by atoms with Crippen molar-refractivity contribution in [2.75, 3.05) is 20.1 Å². The van der Waals surface area contributed by atoms with E-state index >= 15 is 8.78 Å². The van der Waals surface area contributed by atoms with Gasteiger partial charge in [-0.3, -0.25) is 19.6 Å². The highest BCUT2D eigenvalue weighted by Gasteiger charge is 2.46. The van der Waals surface area contributed by atoms with E-state index in [-0.39, 0.29) is 29.8 Å². The minimum atomic E-state index is -2.99. The van der Waals surface area contributed by atoms with Crippen molar-refractivity contribution in [3.05, 3.63) is 53.2 Å². The normalized spacial score (nSPS) is 21.5. The third-order valence-corrected chi connectivity index (χ3v) is 7.33. The van der Waals surface area contributed by atoms with Crippen LogP contribution in [0.4, 0.5) is 8.78 Å². The van der Waals surface area contributed by atoms with Gasteiger partial charge in [-0.05, 0) is 31.0 Å². The Morgan fingerprint density at radius 2 is 1.94 bits per heavy atom. The molecule has 2 aliphatic rings. The van der Waals surface area contributed by atoms with Crippen LogP contribution in [0.5, 0.6) is 0 Å². The van der Waals surface area contributed by atoms with Crippen LogP contribution in [0.1, 0.15) is 23.7 Å². The largest absolute Gasteiger partial charge is 0.360 e. The van der Waals surface area contributed by atoms with E-state index in [1.54, 1.807) is 42.4 Å². The lowest BCUT2D eigenvalue weighted by Gasteiger charge is -2.36. The zero-order valence-electron chi connectivity index (χ0n) is 17.6. The number of halogens is 2. The average molecular weight is 468 g/mol. The van der Waals surface area contributed by atoms with E-state index < -0.39 is 23.8 Å². The molecule has 33 heavy (non-hydrogen) atoms. The van der Waals surface area contributed by atoms with E-state index in [4.69, 9.17) is 0 Å². The number of H-pyrrole nitrogens is 1. The monoisotopic (exact) mass is 467 g/mol. The SMILES string of the molecule is CN1CCC(n2nc(C3=C(c4c[nH]c5ccsc45)C(=O)NC3=O)c3ccccc32)C(F)(F)C1. The van der Waals surface area contributed by atoms with Gasteiger partial charge in [0.25, 0.3) is 17.7 Å². The first-order chi connectivity index (χ1) is 15.8. The first-order valence-electron chi connectivity index (χ1n) is 10.5. The number of likely N-dealkylation sites (tertiary alicyclic amines) is 1. The molecule has 10 heteroatoms. The summed E-state index contributed by atoms with van der Waals surface area (Å²) in [6.07, 6.45) is 1.91. The van der Waals surface area contributed by atoms with Gasteiger partial charge in [0.15, 0.2) is 0 Å². The lowest BCUT2D eigenvalue weighted by Crippen LogP contribution is -2.47. The van der Waals surface area contributed by atoms with Crippen molar-refractivity contribution in [2.24, 2.45) is 0 Å². The van der Waals surface area contributed by atoms with Gasteiger partial charge in [0.05, 0.1) is 33.4 Å². The van der Waals surface area contributed by atoms with Gasteiger partial charge >= 0.3 is 0 Å². The van der Waals surface area contributed by atoms with Crippen LogP contribution < -0.4 is 5.32 Å². The fourth-order valence-corrected chi connectivity index (χ4v) is 5.76. The number of piperidine rings is 1. The van der Waals surface area contributed by atoms with Gasteiger partial charge in [-0.15, -0.1) is 11.3 Å². The van der Waals surface area contributed by atoms with Crippen molar-refractivity contribution in [1.29, 1.82) is 0 Å². The number of imide groups is 1. The summed E-state index contributed by atoms with van der Waals surface area (Å²) < 4.78 is 32.3. The lowest BCUT2D eigenvalue weighted by molar-refractivity contribution is -0.122. The maximum absolute atomic E-state index is 15.0. The summed E-state index contributed by atoms with van der Waals surface area (Å²) in [5.41, 5.74) is 2.53. The van der Waals surface area contributed by atoms with Crippen LogP contribution in [-0.4, -0.2) is 57.5 Å². The van der Waals surface area contributed by atoms with E-state index in [0.717, 1.165) is 10.2 Å². The Morgan fingerprint density at radius 3 is 2.76 bits per heavy atom. The number of para-hydroxylation sites is 1. The summed E-state index contributed by atoms with van der Waals surface area (Å²) in [5.74, 6) is -4.09. The number of benzene rings is 1. The van der Waals surface area contributed by atoms with Crippen molar-refractivity contribution in [3.8, 4) is 0 Å². The van der Waals surface area contributed by atoms with E-state index in [9.17, 15) is 9.59 Å². The molecular formula is C23H19F2N5O2S. The van der Waals surface area contributed by atoms with Crippen molar-refractivity contribution < 1.29 is 18.4 Å². The molecule has 0 aliphatic carbocycles. The predicted molar refractivity (Wildman–Crippen MR) is 122 cm³/mol. The number of amides is 2. The Bertz CT molecular complexity index is 1480. The van der Waals surface area contributed by atoms with Crippen LogP contribution in [0.15, 0.2) is 41.9 Å². The average Bonchev–Trinajstić information content (AvgIpc) is 3.50. The number of hydrogen-bond acceptors (Lipinski definition) is 5. The van der Waals surface area contributed by atoms with Gasteiger partial charge in [-0.2, -0.15) is 5.10 Å². The van der Waals surface area contributed by atoms with Gasteiger partial charge in [0.2, 0.25) is 0 Å². The number of carbonyl (C=O) groups is 2. The number of aromatic amines is 1. The smallest absolute Gasteiger partial charge is 0.282 e. The standard InChI is InChI=1S/C23H19F2N5O2S/c1-29-8-6-16(23(24,25)11-29)30-15-5-3-2-4-12(15)19(28-30)18-17(21(31)27-22(18)32)13-10-26-14-7-9-33-20(13)14/h2-5,7,9-10,16,26H,6,8,11H2,1H3,(H,27,31,32). The number of aromatic nitrogens is 3. The Balaban J connectivity index is 1.60. The van der Waals surface area contributed by atoms with E-state index in [0.29, 0.717) is 23.0 Å². The fourth-order valence-electron chi connectivity index (χ4n) is 4.88. The highest BCUT2D eigenvalue weighted by molar-refractivity contribution is 7.17. The Labute approximate surface area is 190 Å². The number of alkyl halides is 2. The number of carbonyl (C=O) groups excluding carboxylic acids is 2. The van der Waals surface area contributed by atoms with Gasteiger partial charge in [0, 0.05) is 23.7 Å². The molecule has 2 amide bonds. The molecule has 3 aromatic heterocycles. The Morgan fingerprint density at radius 1 is 1.15 bits per heavy atom. The number of nitrogens with one attached hydrogen (secondary N) is 2. The topological polar surface area (TPSA) is 83.0 Å². The summed E-state index contributed by atoms with van der Waals surface area (Å²) >= 11 is 1.45. The highest BCUT2D eigenvalue weighted by Crippen LogP contribution is 2.42. The Hall–Kier alpha value is -3.37. The van der Waals surface area contributed by atoms with E-state index in [1.807, 2.05) is 11.4 Å². The van der Waals surface area contributed by atoms with Crippen LogP contribution in [0.2, 0.25) is 0 Å². The second kappa shape index (κ2) is 7.06. The van der Waals surface area contributed by atoms with Crippen molar-refractivity contribution >= 4 is 55.4 Å². The van der Waals surface area contributed by atoms with Crippen LogP contribution in [0.3, 0.4) is 0 Å². The van der Waals surface area contributed by atoms with Gasteiger partial charge in [0.1, 0.15) is 11.7 Å². The van der Waals surface area contributed by atoms with Crippen LogP contribution in [0.25, 0.3) is 32.3 Å². The highest BCUT2D eigenvalue weighted by atomic mass is 32.1. The molecule has 2 N–H and O–H groups in total. The molecule has 6 rings (SSSR count). The molecule has 7 nitrogen and oxygen atoms in total. The summed E-state index contributed by atoms with van der Waals surface area (Å²) in [6, 6.07) is 7.75. The van der Waals surface area contributed by atoms with Crippen LogP contribution >= 0.6 is 11.3 Å². The molecule has 1 atom stereocenters. The van der Waals surface area contributed by atoms with Gasteiger partial charge in [-0.1, -0.05) is 18.2 Å². The molecule has 0 spiro atoms. The predicted octanol–water partition coefficient (Wildman–Crippen LogP) is 3.66. The van der Waals surface area contributed by atoms with Crippen molar-refractivity contribution in [2.45, 2.75) is 18.4 Å². The molecule has 0 bridgehead atoms. The maximum Gasteiger partial charge on any atom is 0.282 e. The Kier molecular flexibility index (Phi) is 4.33. The molecule has 5 heterocycles. The lowest BCUT2D eigenvalue weighted by atomic mass is 9.99. The summed E-state index contributed by atoms with van der Waals surface area (Å²) in [6.45, 7) is 0.143. The molecule has 0 saturated carbocycles. The molecule has 168 valence electrons. The second-order valence-electron chi connectivity index (χ2n) is 8.51. The van der Waals surface area contributed by atoms with Crippen LogP contribution in [0, 0.1) is 0 Å². The molecule has 1 saturated heterocycles. The van der Waals surface area contributed by atoms with E-state index in [2.05, 4.69) is 15.4 Å². The third kappa shape index (κ3) is 2.97. The maximum atomic E-state index is 15.0. The van der Waals surface area contributed by atoms with E-state index in [1.165, 1.54) is 16.0 Å². The molecule has 1 fully saturated rings. The summed E-state index contributed by atoms with van der Waals surface area (Å²) in [7, 11) is 1.67. The molecular weight excluding hydrogens is 448 g/mol. The first kappa shape index (κ1) is 20.3. The zero-order chi connectivity index (χ0) is 22.9. The van der Waals surface area contributed by atoms with Gasteiger partial charge in [-0.25, -0.2) is 8.78 Å². The summed E-state index contributed by atoms with van der Waals surface area (Å²) in [4.78, 5) is 30.5. The second-order valence-corrected chi connectivity index (χ2v) is 9.43. The minimum absolute atomic E-state index is 0.112. The number of fused-ring (bicyclic) bond motifs is 2. The molecule has 1 aromatic carbocycles. The number of thiophene rings is 1. The quantitative estimate of drug-likeness (QED) is 0.451. The number of hydrogen-bond donors (Lipinski definition) is 2.